The van der Waals surface area contributed by atoms with E-state index in [1.165, 1.54) is 0 Å². The van der Waals surface area contributed by atoms with E-state index in [9.17, 15) is 9.59 Å². The van der Waals surface area contributed by atoms with E-state index in [1.54, 1.807) is 0 Å². The molecule has 0 fully saturated rings. The molecule has 0 radical (unpaired) electrons. The normalized spacial score (nSPS) is 11.7. The van der Waals surface area contributed by atoms with Crippen molar-refractivity contribution in [2.24, 2.45) is 5.92 Å². The van der Waals surface area contributed by atoms with Crippen LogP contribution in [0.2, 0.25) is 0 Å². The van der Waals surface area contributed by atoms with Gasteiger partial charge < -0.3 is 10.2 Å². The van der Waals surface area contributed by atoms with Crippen LogP contribution in [0.4, 0.5) is 0 Å². The van der Waals surface area contributed by atoms with E-state index in [-0.39, 0.29) is 10.7 Å². The van der Waals surface area contributed by atoms with Crippen LogP contribution in [-0.4, -0.2) is 26.5 Å². The van der Waals surface area contributed by atoms with Crippen LogP contribution in [0.15, 0.2) is 0 Å². The molecule has 0 heterocycles. The Hall–Kier alpha value is -0.580. The molecule has 0 saturated heterocycles. The first-order valence-electron chi connectivity index (χ1n) is 5.00. The summed E-state index contributed by atoms with van der Waals surface area (Å²) >= 11 is 3.52. The molecule has 88 valence electrons. The van der Waals surface area contributed by atoms with E-state index in [1.807, 2.05) is 13.8 Å². The van der Waals surface area contributed by atoms with Gasteiger partial charge in [-0.15, -0.1) is 0 Å². The molecule has 0 bridgehead atoms. The minimum absolute atomic E-state index is 0.129. The van der Waals surface area contributed by atoms with Gasteiger partial charge >= 0.3 is 11.9 Å². The number of carboxylic acids is 2. The fraction of sp³-hybridized carbons (Fsp3) is 0.800. The molecule has 0 atom stereocenters. The second-order valence-corrected chi connectivity index (χ2v) is 5.31. The van der Waals surface area contributed by atoms with Crippen molar-refractivity contribution in [1.29, 1.82) is 0 Å². The summed E-state index contributed by atoms with van der Waals surface area (Å²) in [6, 6.07) is 0. The van der Waals surface area contributed by atoms with Crippen LogP contribution in [0.1, 0.15) is 39.5 Å². The van der Waals surface area contributed by atoms with Gasteiger partial charge in [-0.1, -0.05) is 29.8 Å². The molecule has 0 aliphatic rings. The monoisotopic (exact) mass is 280 g/mol. The van der Waals surface area contributed by atoms with Crippen molar-refractivity contribution in [3.05, 3.63) is 0 Å². The second kappa shape index (κ2) is 6.10. The molecule has 0 amide bonds. The lowest BCUT2D eigenvalue weighted by Gasteiger charge is -2.24. The van der Waals surface area contributed by atoms with Crippen LogP contribution < -0.4 is 0 Å². The predicted molar refractivity (Wildman–Crippen MR) is 60.2 cm³/mol. The molecule has 0 spiro atoms. The lowest BCUT2D eigenvalue weighted by atomic mass is 9.92. The van der Waals surface area contributed by atoms with Gasteiger partial charge in [-0.05, 0) is 25.7 Å². The number of alkyl halides is 1. The quantitative estimate of drug-likeness (QED) is 0.555. The van der Waals surface area contributed by atoms with Crippen LogP contribution in [0, 0.1) is 5.92 Å². The Morgan fingerprint density at radius 2 is 1.60 bits per heavy atom. The van der Waals surface area contributed by atoms with Crippen molar-refractivity contribution in [3.8, 4) is 0 Å². The van der Waals surface area contributed by atoms with Gasteiger partial charge in [0.2, 0.25) is 0 Å². The molecule has 0 saturated carbocycles. The van der Waals surface area contributed by atoms with E-state index in [2.05, 4.69) is 15.9 Å². The fourth-order valence-electron chi connectivity index (χ4n) is 1.36. The number of halogens is 1. The first-order chi connectivity index (χ1) is 6.86. The number of hydrogen-bond donors (Lipinski definition) is 2. The summed E-state index contributed by atoms with van der Waals surface area (Å²) in [5.74, 6) is -3.81. The molecule has 0 aromatic rings. The van der Waals surface area contributed by atoms with Crippen LogP contribution in [0.3, 0.4) is 0 Å². The SMILES string of the molecule is CCC(Br)(CC)CCC(C(=O)O)C(=O)O. The van der Waals surface area contributed by atoms with Crippen LogP contribution in [-0.2, 0) is 9.59 Å². The highest BCUT2D eigenvalue weighted by atomic mass is 79.9. The molecule has 2 N–H and O–H groups in total. The Balaban J connectivity index is 4.33. The van der Waals surface area contributed by atoms with Crippen molar-refractivity contribution in [2.45, 2.75) is 43.9 Å². The van der Waals surface area contributed by atoms with Crippen molar-refractivity contribution in [2.75, 3.05) is 0 Å². The summed E-state index contributed by atoms with van der Waals surface area (Å²) in [4.78, 5) is 21.3. The Kier molecular flexibility index (Phi) is 5.87. The number of carbonyl (C=O) groups is 2. The maximum absolute atomic E-state index is 10.6. The molecule has 0 aliphatic carbocycles. The molecule has 15 heavy (non-hydrogen) atoms. The average Bonchev–Trinajstić information content (AvgIpc) is 2.16. The molecule has 0 rings (SSSR count). The van der Waals surface area contributed by atoms with E-state index in [0.717, 1.165) is 12.8 Å². The minimum Gasteiger partial charge on any atom is -0.481 e. The topological polar surface area (TPSA) is 74.6 Å². The highest BCUT2D eigenvalue weighted by Gasteiger charge is 2.30. The van der Waals surface area contributed by atoms with Crippen molar-refractivity contribution < 1.29 is 19.8 Å². The highest BCUT2D eigenvalue weighted by Crippen LogP contribution is 2.33. The van der Waals surface area contributed by atoms with Crippen molar-refractivity contribution in [3.63, 3.8) is 0 Å². The molecule has 4 nitrogen and oxygen atoms in total. The number of hydrogen-bond acceptors (Lipinski definition) is 2. The molecule has 0 unspecified atom stereocenters. The third-order valence-electron chi connectivity index (χ3n) is 2.74. The third kappa shape index (κ3) is 4.64. The summed E-state index contributed by atoms with van der Waals surface area (Å²) in [5.41, 5.74) is 0. The maximum atomic E-state index is 10.6. The molecular formula is C10H17BrO4. The Morgan fingerprint density at radius 1 is 1.20 bits per heavy atom. The summed E-state index contributed by atoms with van der Waals surface area (Å²) in [7, 11) is 0. The second-order valence-electron chi connectivity index (χ2n) is 3.63. The van der Waals surface area contributed by atoms with Gasteiger partial charge in [0.05, 0.1) is 0 Å². The van der Waals surface area contributed by atoms with Gasteiger partial charge in [-0.25, -0.2) is 0 Å². The van der Waals surface area contributed by atoms with E-state index in [4.69, 9.17) is 10.2 Å². The molecular weight excluding hydrogens is 264 g/mol. The zero-order valence-corrected chi connectivity index (χ0v) is 10.6. The van der Waals surface area contributed by atoms with Gasteiger partial charge in [0, 0.05) is 4.32 Å². The Morgan fingerprint density at radius 3 is 1.87 bits per heavy atom. The third-order valence-corrected chi connectivity index (χ3v) is 4.26. The molecule has 5 heteroatoms. The van der Waals surface area contributed by atoms with Crippen LogP contribution >= 0.6 is 15.9 Å². The summed E-state index contributed by atoms with van der Waals surface area (Å²) in [6.45, 7) is 3.99. The lowest BCUT2D eigenvalue weighted by molar-refractivity contribution is -0.154. The van der Waals surface area contributed by atoms with E-state index < -0.39 is 17.9 Å². The standard InChI is InChI=1S/C10H17BrO4/c1-3-10(11,4-2)6-5-7(8(12)13)9(14)15/h7H,3-6H2,1-2H3,(H,12,13)(H,14,15). The fourth-order valence-corrected chi connectivity index (χ4v) is 1.59. The molecule has 0 aromatic carbocycles. The van der Waals surface area contributed by atoms with Crippen molar-refractivity contribution in [1.82, 2.24) is 0 Å². The maximum Gasteiger partial charge on any atom is 0.317 e. The number of aliphatic carboxylic acids is 2. The Bertz CT molecular complexity index is 222. The number of carboxylic acid groups (broad SMARTS) is 2. The zero-order chi connectivity index (χ0) is 12.1. The zero-order valence-electron chi connectivity index (χ0n) is 8.99. The first-order valence-corrected chi connectivity index (χ1v) is 5.80. The highest BCUT2D eigenvalue weighted by molar-refractivity contribution is 9.10. The van der Waals surface area contributed by atoms with Crippen molar-refractivity contribution >= 4 is 27.9 Å². The average molecular weight is 281 g/mol. The smallest absolute Gasteiger partial charge is 0.317 e. The van der Waals surface area contributed by atoms with Gasteiger partial charge in [0.25, 0.3) is 0 Å². The van der Waals surface area contributed by atoms with Gasteiger partial charge in [0.15, 0.2) is 5.92 Å². The van der Waals surface area contributed by atoms with Crippen LogP contribution in [0.5, 0.6) is 0 Å². The first kappa shape index (κ1) is 14.4. The van der Waals surface area contributed by atoms with Gasteiger partial charge in [0.1, 0.15) is 0 Å². The van der Waals surface area contributed by atoms with Gasteiger partial charge in [-0.2, -0.15) is 0 Å². The molecule has 0 aliphatic heterocycles. The lowest BCUT2D eigenvalue weighted by Crippen LogP contribution is -2.27. The van der Waals surface area contributed by atoms with Gasteiger partial charge in [-0.3, -0.25) is 9.59 Å². The van der Waals surface area contributed by atoms with E-state index >= 15 is 0 Å². The summed E-state index contributed by atoms with van der Waals surface area (Å²) in [6.07, 6.45) is 2.44. The largest absolute Gasteiger partial charge is 0.481 e. The minimum atomic E-state index is -1.29. The Labute approximate surface area is 97.8 Å². The predicted octanol–water partition coefficient (Wildman–Crippen LogP) is 2.51. The van der Waals surface area contributed by atoms with Crippen LogP contribution in [0.25, 0.3) is 0 Å². The molecule has 0 aromatic heterocycles. The number of rotatable bonds is 7. The summed E-state index contributed by atoms with van der Waals surface area (Å²) < 4.78 is -0.129. The van der Waals surface area contributed by atoms with E-state index in [0.29, 0.717) is 6.42 Å². The summed E-state index contributed by atoms with van der Waals surface area (Å²) in [5, 5.41) is 17.4.